The van der Waals surface area contributed by atoms with Gasteiger partial charge in [0.05, 0.1) is 0 Å². The Morgan fingerprint density at radius 3 is 2.23 bits per heavy atom. The molecule has 0 unspecified atom stereocenters. The van der Waals surface area contributed by atoms with Crippen LogP contribution in [0.15, 0.2) is 60.7 Å². The van der Waals surface area contributed by atoms with Gasteiger partial charge in [-0.2, -0.15) is 0 Å². The van der Waals surface area contributed by atoms with Crippen molar-refractivity contribution in [3.05, 3.63) is 88.7 Å². The topological polar surface area (TPSA) is 35.5 Å². The lowest BCUT2D eigenvalue weighted by Crippen LogP contribution is -2.02. The number of aryl methyl sites for hydroxylation is 2. The van der Waals surface area contributed by atoms with Gasteiger partial charge in [0.25, 0.3) is 0 Å². The van der Waals surface area contributed by atoms with Gasteiger partial charge in [-0.1, -0.05) is 18.2 Å². The SMILES string of the molecule is Cc1cccc(C)c1OCc1cc(Oc2ccc(F)cc2)ccc1C=O. The van der Waals surface area contributed by atoms with Crippen LogP contribution in [-0.4, -0.2) is 6.29 Å². The summed E-state index contributed by atoms with van der Waals surface area (Å²) in [4.78, 5) is 11.3. The number of rotatable bonds is 6. The van der Waals surface area contributed by atoms with Gasteiger partial charge in [-0.3, -0.25) is 4.79 Å². The van der Waals surface area contributed by atoms with E-state index in [0.29, 0.717) is 17.1 Å². The summed E-state index contributed by atoms with van der Waals surface area (Å²) in [5.41, 5.74) is 3.35. The van der Waals surface area contributed by atoms with Crippen LogP contribution in [0.1, 0.15) is 27.0 Å². The Bertz CT molecular complexity index is 897. The van der Waals surface area contributed by atoms with Crippen LogP contribution in [0.5, 0.6) is 17.2 Å². The first-order chi connectivity index (χ1) is 12.6. The molecule has 0 atom stereocenters. The molecule has 0 spiro atoms. The number of carbonyl (C=O) groups is 1. The zero-order valence-electron chi connectivity index (χ0n) is 14.7. The Kier molecular flexibility index (Phi) is 5.32. The normalized spacial score (nSPS) is 10.4. The van der Waals surface area contributed by atoms with Crippen LogP contribution in [0, 0.1) is 19.7 Å². The molecule has 0 aliphatic rings. The van der Waals surface area contributed by atoms with Crippen molar-refractivity contribution in [2.45, 2.75) is 20.5 Å². The summed E-state index contributed by atoms with van der Waals surface area (Å²) < 4.78 is 24.7. The maximum atomic E-state index is 13.0. The highest BCUT2D eigenvalue weighted by Gasteiger charge is 2.09. The lowest BCUT2D eigenvalue weighted by molar-refractivity contribution is 0.112. The molecular formula is C22H19FO3. The first kappa shape index (κ1) is 17.7. The zero-order valence-corrected chi connectivity index (χ0v) is 14.7. The minimum absolute atomic E-state index is 0.250. The van der Waals surface area contributed by atoms with Crippen LogP contribution in [-0.2, 0) is 6.61 Å². The second kappa shape index (κ2) is 7.83. The molecule has 0 radical (unpaired) electrons. The van der Waals surface area contributed by atoms with Crippen molar-refractivity contribution in [1.82, 2.24) is 0 Å². The predicted molar refractivity (Wildman–Crippen MR) is 98.6 cm³/mol. The average molecular weight is 350 g/mol. The largest absolute Gasteiger partial charge is 0.488 e. The van der Waals surface area contributed by atoms with Crippen LogP contribution in [0.25, 0.3) is 0 Å². The molecule has 0 aliphatic heterocycles. The third kappa shape index (κ3) is 4.09. The van der Waals surface area contributed by atoms with Gasteiger partial charge >= 0.3 is 0 Å². The summed E-state index contributed by atoms with van der Waals surface area (Å²) in [6, 6.07) is 16.9. The van der Waals surface area contributed by atoms with Crippen molar-refractivity contribution in [2.75, 3.05) is 0 Å². The number of benzene rings is 3. The lowest BCUT2D eigenvalue weighted by atomic mass is 10.1. The van der Waals surface area contributed by atoms with E-state index in [9.17, 15) is 9.18 Å². The van der Waals surface area contributed by atoms with Gasteiger partial charge in [0, 0.05) is 11.1 Å². The number of ether oxygens (including phenoxy) is 2. The predicted octanol–water partition coefficient (Wildman–Crippen LogP) is 5.63. The maximum absolute atomic E-state index is 13.0. The molecule has 0 aromatic heterocycles. The van der Waals surface area contributed by atoms with Gasteiger partial charge in [0.2, 0.25) is 0 Å². The van der Waals surface area contributed by atoms with Crippen LogP contribution >= 0.6 is 0 Å². The number of aldehydes is 1. The summed E-state index contributed by atoms with van der Waals surface area (Å²) in [5.74, 6) is 1.57. The van der Waals surface area contributed by atoms with Crippen molar-refractivity contribution in [3.8, 4) is 17.2 Å². The van der Waals surface area contributed by atoms with E-state index in [1.165, 1.54) is 12.1 Å². The van der Waals surface area contributed by atoms with Gasteiger partial charge in [-0.25, -0.2) is 4.39 Å². The van der Waals surface area contributed by atoms with Crippen LogP contribution in [0.2, 0.25) is 0 Å². The first-order valence-electron chi connectivity index (χ1n) is 8.27. The Balaban J connectivity index is 1.81. The molecule has 26 heavy (non-hydrogen) atoms. The summed E-state index contributed by atoms with van der Waals surface area (Å²) in [6.45, 7) is 4.22. The monoisotopic (exact) mass is 350 g/mol. The van der Waals surface area contributed by atoms with E-state index in [-0.39, 0.29) is 12.4 Å². The highest BCUT2D eigenvalue weighted by molar-refractivity contribution is 5.77. The number of halogens is 1. The number of hydrogen-bond donors (Lipinski definition) is 0. The van der Waals surface area contributed by atoms with Crippen LogP contribution in [0.4, 0.5) is 4.39 Å². The van der Waals surface area contributed by atoms with E-state index in [0.717, 1.165) is 28.7 Å². The van der Waals surface area contributed by atoms with Crippen molar-refractivity contribution in [1.29, 1.82) is 0 Å². The molecule has 0 saturated heterocycles. The smallest absolute Gasteiger partial charge is 0.150 e. The molecule has 0 bridgehead atoms. The van der Waals surface area contributed by atoms with Crippen molar-refractivity contribution >= 4 is 6.29 Å². The molecule has 0 saturated carbocycles. The van der Waals surface area contributed by atoms with Crippen molar-refractivity contribution in [2.24, 2.45) is 0 Å². The molecule has 0 N–H and O–H groups in total. The fourth-order valence-electron chi connectivity index (χ4n) is 2.70. The average Bonchev–Trinajstić information content (AvgIpc) is 2.63. The molecule has 3 rings (SSSR count). The van der Waals surface area contributed by atoms with Gasteiger partial charge < -0.3 is 9.47 Å². The highest BCUT2D eigenvalue weighted by atomic mass is 19.1. The van der Waals surface area contributed by atoms with Crippen LogP contribution in [0.3, 0.4) is 0 Å². The van der Waals surface area contributed by atoms with E-state index in [1.807, 2.05) is 32.0 Å². The Hall–Kier alpha value is -3.14. The molecule has 3 aromatic rings. The molecule has 132 valence electrons. The van der Waals surface area contributed by atoms with Crippen LogP contribution < -0.4 is 9.47 Å². The Labute approximate surface area is 152 Å². The lowest BCUT2D eigenvalue weighted by Gasteiger charge is -2.14. The summed E-state index contributed by atoms with van der Waals surface area (Å²) in [5, 5.41) is 0. The zero-order chi connectivity index (χ0) is 18.5. The number of para-hydroxylation sites is 1. The second-order valence-corrected chi connectivity index (χ2v) is 6.04. The number of carbonyl (C=O) groups excluding carboxylic acids is 1. The van der Waals surface area contributed by atoms with Crippen molar-refractivity contribution in [3.63, 3.8) is 0 Å². The van der Waals surface area contributed by atoms with Gasteiger partial charge in [0.15, 0.2) is 0 Å². The van der Waals surface area contributed by atoms with E-state index in [2.05, 4.69) is 0 Å². The fraction of sp³-hybridized carbons (Fsp3) is 0.136. The third-order valence-corrected chi connectivity index (χ3v) is 4.07. The summed E-state index contributed by atoms with van der Waals surface area (Å²) >= 11 is 0. The minimum atomic E-state index is -0.323. The standard InChI is InChI=1S/C22H19FO3/c1-15-4-3-5-16(2)22(15)25-14-18-12-21(9-6-17(18)13-24)26-20-10-7-19(23)8-11-20/h3-13H,14H2,1-2H3. The van der Waals surface area contributed by atoms with E-state index in [4.69, 9.17) is 9.47 Å². The van der Waals surface area contributed by atoms with E-state index < -0.39 is 0 Å². The molecule has 3 aromatic carbocycles. The maximum Gasteiger partial charge on any atom is 0.150 e. The van der Waals surface area contributed by atoms with E-state index >= 15 is 0 Å². The molecule has 0 amide bonds. The third-order valence-electron chi connectivity index (χ3n) is 4.07. The first-order valence-corrected chi connectivity index (χ1v) is 8.27. The summed E-state index contributed by atoms with van der Waals surface area (Å²) in [6.07, 6.45) is 0.797. The number of hydrogen-bond acceptors (Lipinski definition) is 3. The van der Waals surface area contributed by atoms with Crippen molar-refractivity contribution < 1.29 is 18.7 Å². The second-order valence-electron chi connectivity index (χ2n) is 6.04. The fourth-order valence-corrected chi connectivity index (χ4v) is 2.70. The Morgan fingerprint density at radius 2 is 1.58 bits per heavy atom. The van der Waals surface area contributed by atoms with E-state index in [1.54, 1.807) is 30.3 Å². The molecule has 4 heteroatoms. The molecule has 0 heterocycles. The minimum Gasteiger partial charge on any atom is -0.488 e. The molecule has 0 fully saturated rings. The Morgan fingerprint density at radius 1 is 0.923 bits per heavy atom. The highest BCUT2D eigenvalue weighted by Crippen LogP contribution is 2.27. The molecular weight excluding hydrogens is 331 g/mol. The quantitative estimate of drug-likeness (QED) is 0.541. The molecule has 0 aliphatic carbocycles. The van der Waals surface area contributed by atoms with Gasteiger partial charge in [-0.05, 0) is 67.4 Å². The summed E-state index contributed by atoms with van der Waals surface area (Å²) in [7, 11) is 0. The van der Waals surface area contributed by atoms with Gasteiger partial charge in [0.1, 0.15) is 36.0 Å². The van der Waals surface area contributed by atoms with Gasteiger partial charge in [-0.15, -0.1) is 0 Å². The molecule has 3 nitrogen and oxygen atoms in total.